The summed E-state index contributed by atoms with van der Waals surface area (Å²) in [6.45, 7) is 16.7. The number of unbranched alkanes of at least 4 members (excludes halogenated alkanes) is 68. The molecule has 3 unspecified atom stereocenters. The molecule has 3 atom stereocenters. The van der Waals surface area contributed by atoms with Crippen LogP contribution in [0, 0.1) is 16.7 Å². The predicted octanol–water partition coefficient (Wildman–Crippen LogP) is 39.8. The fraction of sp³-hybridized carbons (Fsp3) is 0.872. The van der Waals surface area contributed by atoms with Crippen LogP contribution in [0.15, 0.2) is 72.8 Å². The molecule has 0 N–H and O–H groups in total. The topological polar surface area (TPSA) is 0 Å². The van der Waals surface area contributed by atoms with Crippen molar-refractivity contribution in [1.82, 2.24) is 0 Å². The van der Waals surface area contributed by atoms with Crippen LogP contribution in [0.25, 0.3) is 0 Å². The molecule has 109 heavy (non-hydrogen) atoms. The van der Waals surface area contributed by atoms with E-state index in [1.807, 2.05) is 0 Å². The van der Waals surface area contributed by atoms with Gasteiger partial charge in [0, 0.05) is 5.41 Å². The average molecular weight is 1510 g/mol. The molecule has 2 aromatic carbocycles. The molecule has 0 saturated carbocycles. The van der Waals surface area contributed by atoms with Gasteiger partial charge in [0.25, 0.3) is 0 Å². The minimum Gasteiger partial charge on any atom is -0.0885 e. The van der Waals surface area contributed by atoms with Crippen LogP contribution >= 0.6 is 0 Å². The zero-order valence-electron chi connectivity index (χ0n) is 76.4. The quantitative estimate of drug-likeness (QED) is 0.0457. The van der Waals surface area contributed by atoms with Crippen LogP contribution in [-0.2, 0) is 11.8 Å². The van der Waals surface area contributed by atoms with Crippen molar-refractivity contribution in [3.8, 4) is 0 Å². The lowest BCUT2D eigenvalue weighted by Crippen LogP contribution is -2.60. The van der Waals surface area contributed by atoms with Gasteiger partial charge in [0.05, 0.1) is 0 Å². The zero-order valence-corrected chi connectivity index (χ0v) is 76.4. The number of hydrogen-bond donors (Lipinski definition) is 0. The molecule has 0 aliphatic heterocycles. The normalized spacial score (nSPS) is 13.7. The summed E-state index contributed by atoms with van der Waals surface area (Å²) in [5.41, 5.74) is 3.91. The van der Waals surface area contributed by atoms with Crippen molar-refractivity contribution in [2.75, 3.05) is 0 Å². The molecule has 0 aromatic heterocycles. The van der Waals surface area contributed by atoms with Crippen molar-refractivity contribution in [2.45, 2.75) is 593 Å². The first-order chi connectivity index (χ1) is 54.0. The minimum absolute atomic E-state index is 0.0425. The third-order valence-corrected chi connectivity index (χ3v) is 27.6. The van der Waals surface area contributed by atoms with E-state index < -0.39 is 0 Å². The molecule has 0 aliphatic carbocycles. The highest BCUT2D eigenvalue weighted by atomic mass is 14.7. The maximum absolute atomic E-state index is 2.79. The lowest BCUT2D eigenvalue weighted by atomic mass is 9.38. The maximum atomic E-state index is 2.79. The summed E-state index contributed by atoms with van der Waals surface area (Å²) in [7, 11) is 0. The average Bonchev–Trinajstić information content (AvgIpc) is 0.701. The van der Waals surface area contributed by atoms with Gasteiger partial charge in [0.15, 0.2) is 0 Å². The van der Waals surface area contributed by atoms with Crippen molar-refractivity contribution in [1.29, 1.82) is 0 Å². The summed E-state index contributed by atoms with van der Waals surface area (Å²) in [6.07, 6.45) is 125. The summed E-state index contributed by atoms with van der Waals surface area (Å²) < 4.78 is 0. The predicted molar refractivity (Wildman–Crippen MR) is 499 cm³/mol. The summed E-state index contributed by atoms with van der Waals surface area (Å²) in [5.74, 6) is 0.784. The monoisotopic (exact) mass is 1510 g/mol. The lowest BCUT2D eigenvalue weighted by Gasteiger charge is -2.66. The second-order valence-corrected chi connectivity index (χ2v) is 37.1. The molecule has 0 amide bonds. The molecule has 638 valence electrons. The van der Waals surface area contributed by atoms with E-state index in [1.165, 1.54) is 539 Å². The van der Waals surface area contributed by atoms with Gasteiger partial charge in [-0.05, 0) is 105 Å². The van der Waals surface area contributed by atoms with Crippen LogP contribution in [0.3, 0.4) is 0 Å². The van der Waals surface area contributed by atoms with Gasteiger partial charge in [-0.2, -0.15) is 0 Å². The van der Waals surface area contributed by atoms with Crippen LogP contribution < -0.4 is 0 Å². The first kappa shape index (κ1) is 103. The largest absolute Gasteiger partial charge is 0.0885 e. The lowest BCUT2D eigenvalue weighted by molar-refractivity contribution is -0.126. The highest BCUT2D eigenvalue weighted by Gasteiger charge is 2.63. The van der Waals surface area contributed by atoms with E-state index in [2.05, 4.69) is 121 Å². The Bertz CT molecular complexity index is 2040. The molecular formula is C109H202. The molecule has 0 heterocycles. The van der Waals surface area contributed by atoms with Crippen LogP contribution in [0.5, 0.6) is 0 Å². The maximum Gasteiger partial charge on any atom is 0.00551 e. The molecule has 0 heteroatoms. The standard InChI is InChI=1S/C109H202/c1-8-15-22-29-36-43-47-49-51-53-55-58-63-70-77-90-101-109(102-91-78-71-64-59-56-54-52-50-48-44-37-30-23-16-9-2,108(106-96-85-80-86-97-106,103-104-92-81-79-82-93-104)100-89-76-69-62-57-45-38-31-24-17-10-3)107(98-87-74-67-60-40-33-26-19-12-5,99-88-75-68-61-46-39-32-25-18-11-4)105(94-83-72-65-41-34-27-20-13-6)95-84-73-66-42-35-28-21-14-7/h49,51,79-82,85-86,92-93,96-97,105H,8-48,50,52-78,83-84,87-91,94-95,98-103H2,1-7H3/b51-49-. The molecule has 0 radical (unpaired) electrons. The Morgan fingerprint density at radius 2 is 0.422 bits per heavy atom. The Balaban J connectivity index is 3.15. The molecule has 0 saturated heterocycles. The fourth-order valence-electron chi connectivity index (χ4n) is 20.9. The molecule has 0 spiro atoms. The smallest absolute Gasteiger partial charge is 0.00551 e. The van der Waals surface area contributed by atoms with E-state index in [0.717, 1.165) is 5.92 Å². The van der Waals surface area contributed by atoms with E-state index in [9.17, 15) is 0 Å². The second-order valence-electron chi connectivity index (χ2n) is 37.1. The van der Waals surface area contributed by atoms with Crippen molar-refractivity contribution < 1.29 is 0 Å². The third-order valence-electron chi connectivity index (χ3n) is 27.6. The SMILES string of the molecule is CCCCCCCC/C=C\CCCCCCCCC(CCCCCCCCCCCCCCCCCC)(C(CCCCCCCCCCCCC)(Cc1ccccc1)c1ccccc1)C(CCCCCCCCCCC)(CCCCCCCCCCCC)C(CCCCCCCCCC)CCCCCCCCCC. The summed E-state index contributed by atoms with van der Waals surface area (Å²) in [4.78, 5) is 0. The van der Waals surface area contributed by atoms with Crippen LogP contribution in [0.1, 0.15) is 593 Å². The number of hydrogen-bond acceptors (Lipinski definition) is 0. The molecule has 0 aliphatic rings. The fourth-order valence-corrected chi connectivity index (χ4v) is 20.9. The second kappa shape index (κ2) is 80.0. The van der Waals surface area contributed by atoms with Crippen molar-refractivity contribution in [3.63, 3.8) is 0 Å². The highest BCUT2D eigenvalue weighted by Crippen LogP contribution is 2.69. The Kier molecular flexibility index (Phi) is 75.8. The first-order valence-electron chi connectivity index (χ1n) is 51.8. The van der Waals surface area contributed by atoms with Crippen LogP contribution in [-0.4, -0.2) is 0 Å². The van der Waals surface area contributed by atoms with Crippen LogP contribution in [0.4, 0.5) is 0 Å². The molecule has 0 nitrogen and oxygen atoms in total. The van der Waals surface area contributed by atoms with E-state index in [1.54, 1.807) is 11.1 Å². The van der Waals surface area contributed by atoms with Gasteiger partial charge in [-0.15, -0.1) is 0 Å². The Hall–Kier alpha value is -1.82. The molecule has 2 rings (SSSR count). The summed E-state index contributed by atoms with van der Waals surface area (Å²) in [6, 6.07) is 25.7. The first-order valence-corrected chi connectivity index (χ1v) is 51.8. The molecule has 2 aromatic rings. The summed E-state index contributed by atoms with van der Waals surface area (Å²) >= 11 is 0. The van der Waals surface area contributed by atoms with E-state index in [-0.39, 0.29) is 16.2 Å². The molecule has 0 fully saturated rings. The van der Waals surface area contributed by atoms with Gasteiger partial charge >= 0.3 is 0 Å². The van der Waals surface area contributed by atoms with Gasteiger partial charge in [-0.25, -0.2) is 0 Å². The van der Waals surface area contributed by atoms with Crippen LogP contribution in [0.2, 0.25) is 0 Å². The Morgan fingerprint density at radius 3 is 0.688 bits per heavy atom. The van der Waals surface area contributed by atoms with Gasteiger partial charge in [-0.3, -0.25) is 0 Å². The minimum atomic E-state index is 0.0425. The van der Waals surface area contributed by atoms with Gasteiger partial charge in [0.2, 0.25) is 0 Å². The summed E-state index contributed by atoms with van der Waals surface area (Å²) in [5, 5.41) is 0. The molecular weight excluding hydrogens is 1310 g/mol. The Morgan fingerprint density at radius 1 is 0.211 bits per heavy atom. The van der Waals surface area contributed by atoms with Gasteiger partial charge in [-0.1, -0.05) is 584 Å². The van der Waals surface area contributed by atoms with Crippen molar-refractivity contribution >= 4 is 0 Å². The van der Waals surface area contributed by atoms with Gasteiger partial charge in [0.1, 0.15) is 0 Å². The Labute approximate surface area is 689 Å². The van der Waals surface area contributed by atoms with Crippen molar-refractivity contribution in [3.05, 3.63) is 83.9 Å². The van der Waals surface area contributed by atoms with E-state index in [4.69, 9.17) is 0 Å². The van der Waals surface area contributed by atoms with Crippen molar-refractivity contribution in [2.24, 2.45) is 16.7 Å². The van der Waals surface area contributed by atoms with Gasteiger partial charge < -0.3 is 0 Å². The third kappa shape index (κ3) is 53.9. The number of benzene rings is 2. The zero-order chi connectivity index (χ0) is 78.1. The highest BCUT2D eigenvalue weighted by molar-refractivity contribution is 5.35. The number of allylic oxidation sites excluding steroid dienone is 2. The number of rotatable bonds is 90. The van der Waals surface area contributed by atoms with E-state index in [0.29, 0.717) is 0 Å². The molecule has 0 bridgehead atoms. The van der Waals surface area contributed by atoms with E-state index >= 15 is 0 Å².